The number of H-pyrrole nitrogens is 1. The van der Waals surface area contributed by atoms with Gasteiger partial charge in [0.2, 0.25) is 0 Å². The second-order valence-corrected chi connectivity index (χ2v) is 7.32. The van der Waals surface area contributed by atoms with Gasteiger partial charge in [0.25, 0.3) is 11.8 Å². The maximum Gasteiger partial charge on any atom is 0.276 e. The first-order valence-corrected chi connectivity index (χ1v) is 9.94. The number of hydrogen-bond donors (Lipinski definition) is 3. The smallest absolute Gasteiger partial charge is 0.276 e. The van der Waals surface area contributed by atoms with Crippen molar-refractivity contribution >= 4 is 23.2 Å². The molecule has 0 bridgehead atoms. The maximum atomic E-state index is 12.4. The molecule has 0 aliphatic heterocycles. The molecule has 0 saturated heterocycles. The summed E-state index contributed by atoms with van der Waals surface area (Å²) in [4.78, 5) is 24.8. The summed E-state index contributed by atoms with van der Waals surface area (Å²) in [5.41, 5.74) is 3.02. The van der Waals surface area contributed by atoms with Crippen LogP contribution in [0.1, 0.15) is 47.3 Å². The monoisotopic (exact) mass is 406 g/mol. The number of benzene rings is 2. The van der Waals surface area contributed by atoms with Crippen LogP contribution in [0.2, 0.25) is 0 Å². The molecule has 0 saturated carbocycles. The molecule has 7 nitrogen and oxygen atoms in total. The highest BCUT2D eigenvalue weighted by Gasteiger charge is 2.12. The standard InChI is InChI=1S/C23H26N4O3/c1-4-30-20-11-9-18(10-12-20)24-22(28)16-5-7-17(8-6-16)25-23(29)21-14-19(26-27-21)13-15(2)3/h5-12,14-15H,4,13H2,1-3H3,(H,24,28)(H,25,29)(H,26,27). The number of rotatable bonds is 8. The SMILES string of the molecule is CCOc1ccc(NC(=O)c2ccc(NC(=O)c3cc(CC(C)C)[nH]n3)cc2)cc1. The van der Waals surface area contributed by atoms with Gasteiger partial charge in [-0.15, -0.1) is 0 Å². The molecule has 3 aromatic rings. The Hall–Kier alpha value is -3.61. The zero-order valence-electron chi connectivity index (χ0n) is 17.4. The second-order valence-electron chi connectivity index (χ2n) is 7.32. The van der Waals surface area contributed by atoms with Gasteiger partial charge in [0, 0.05) is 22.6 Å². The van der Waals surface area contributed by atoms with Crippen molar-refractivity contribution in [2.75, 3.05) is 17.2 Å². The molecule has 0 atom stereocenters. The zero-order valence-corrected chi connectivity index (χ0v) is 17.4. The van der Waals surface area contributed by atoms with Crippen molar-refractivity contribution in [3.8, 4) is 5.75 Å². The lowest BCUT2D eigenvalue weighted by Gasteiger charge is -2.08. The third-order valence-corrected chi connectivity index (χ3v) is 4.32. The highest BCUT2D eigenvalue weighted by Crippen LogP contribution is 2.17. The number of hydrogen-bond acceptors (Lipinski definition) is 4. The number of carbonyl (C=O) groups excluding carboxylic acids is 2. The molecule has 0 fully saturated rings. The Morgan fingerprint density at radius 2 is 1.57 bits per heavy atom. The molecular formula is C23H26N4O3. The second kappa shape index (κ2) is 9.73. The fraction of sp³-hybridized carbons (Fsp3) is 0.261. The molecular weight excluding hydrogens is 380 g/mol. The summed E-state index contributed by atoms with van der Waals surface area (Å²) in [5, 5.41) is 12.6. The van der Waals surface area contributed by atoms with Gasteiger partial charge in [-0.25, -0.2) is 0 Å². The van der Waals surface area contributed by atoms with E-state index in [2.05, 4.69) is 34.7 Å². The molecule has 156 valence electrons. The van der Waals surface area contributed by atoms with Crippen molar-refractivity contribution in [2.24, 2.45) is 5.92 Å². The number of nitrogens with zero attached hydrogens (tertiary/aromatic N) is 1. The van der Waals surface area contributed by atoms with E-state index in [4.69, 9.17) is 4.74 Å². The van der Waals surface area contributed by atoms with E-state index >= 15 is 0 Å². The normalized spacial score (nSPS) is 10.7. The topological polar surface area (TPSA) is 96.1 Å². The highest BCUT2D eigenvalue weighted by molar-refractivity contribution is 6.05. The first-order chi connectivity index (χ1) is 14.4. The lowest BCUT2D eigenvalue weighted by atomic mass is 10.1. The summed E-state index contributed by atoms with van der Waals surface area (Å²) < 4.78 is 5.39. The summed E-state index contributed by atoms with van der Waals surface area (Å²) in [6.45, 7) is 6.72. The molecule has 0 spiro atoms. The Labute approximate surface area is 175 Å². The van der Waals surface area contributed by atoms with Crippen LogP contribution in [0.25, 0.3) is 0 Å². The van der Waals surface area contributed by atoms with Crippen LogP contribution in [-0.4, -0.2) is 28.6 Å². The van der Waals surface area contributed by atoms with Crippen LogP contribution in [0, 0.1) is 5.92 Å². The summed E-state index contributed by atoms with van der Waals surface area (Å²) in [6, 6.07) is 15.6. The van der Waals surface area contributed by atoms with Crippen LogP contribution >= 0.6 is 0 Å². The summed E-state index contributed by atoms with van der Waals surface area (Å²) in [7, 11) is 0. The predicted molar refractivity (Wildman–Crippen MR) is 117 cm³/mol. The lowest BCUT2D eigenvalue weighted by molar-refractivity contribution is 0.101. The van der Waals surface area contributed by atoms with Crippen molar-refractivity contribution in [1.29, 1.82) is 0 Å². The molecule has 3 N–H and O–H groups in total. The van der Waals surface area contributed by atoms with Gasteiger partial charge < -0.3 is 15.4 Å². The van der Waals surface area contributed by atoms with Gasteiger partial charge >= 0.3 is 0 Å². The minimum Gasteiger partial charge on any atom is -0.494 e. The van der Waals surface area contributed by atoms with Crippen molar-refractivity contribution in [3.63, 3.8) is 0 Å². The Morgan fingerprint density at radius 1 is 0.967 bits per heavy atom. The van der Waals surface area contributed by atoms with Crippen molar-refractivity contribution < 1.29 is 14.3 Å². The molecule has 3 rings (SSSR count). The van der Waals surface area contributed by atoms with Gasteiger partial charge in [-0.05, 0) is 73.9 Å². The Bertz CT molecular complexity index is 992. The third-order valence-electron chi connectivity index (χ3n) is 4.32. The summed E-state index contributed by atoms with van der Waals surface area (Å²) >= 11 is 0. The van der Waals surface area contributed by atoms with Crippen molar-refractivity contribution in [1.82, 2.24) is 10.2 Å². The molecule has 2 amide bonds. The fourth-order valence-electron chi connectivity index (χ4n) is 2.93. The van der Waals surface area contributed by atoms with Crippen LogP contribution in [0.15, 0.2) is 54.6 Å². The number of amides is 2. The van der Waals surface area contributed by atoms with Gasteiger partial charge in [0.05, 0.1) is 6.61 Å². The molecule has 1 aromatic heterocycles. The molecule has 0 aliphatic carbocycles. The first-order valence-electron chi connectivity index (χ1n) is 9.94. The Kier molecular flexibility index (Phi) is 6.85. The minimum atomic E-state index is -0.298. The van der Waals surface area contributed by atoms with E-state index in [1.807, 2.05) is 6.92 Å². The molecule has 30 heavy (non-hydrogen) atoms. The van der Waals surface area contributed by atoms with Gasteiger partial charge in [-0.3, -0.25) is 14.7 Å². The van der Waals surface area contributed by atoms with Crippen molar-refractivity contribution in [2.45, 2.75) is 27.2 Å². The van der Waals surface area contributed by atoms with Crippen LogP contribution in [0.5, 0.6) is 5.75 Å². The Balaban J connectivity index is 1.58. The minimum absolute atomic E-state index is 0.234. The molecule has 2 aromatic carbocycles. The fourth-order valence-corrected chi connectivity index (χ4v) is 2.93. The zero-order chi connectivity index (χ0) is 21.5. The van der Waals surface area contributed by atoms with E-state index in [1.54, 1.807) is 54.6 Å². The number of aromatic nitrogens is 2. The number of aromatic amines is 1. The number of carbonyl (C=O) groups is 2. The van der Waals surface area contributed by atoms with Crippen molar-refractivity contribution in [3.05, 3.63) is 71.5 Å². The van der Waals surface area contributed by atoms with Crippen LogP contribution in [0.4, 0.5) is 11.4 Å². The Morgan fingerprint density at radius 3 is 2.17 bits per heavy atom. The van der Waals surface area contributed by atoms with E-state index in [1.165, 1.54) is 0 Å². The van der Waals surface area contributed by atoms with Crippen LogP contribution in [-0.2, 0) is 6.42 Å². The van der Waals surface area contributed by atoms with E-state index in [0.717, 1.165) is 17.9 Å². The first kappa shape index (κ1) is 21.1. The molecule has 0 radical (unpaired) electrons. The average molecular weight is 406 g/mol. The van der Waals surface area contributed by atoms with Gasteiger partial charge in [-0.2, -0.15) is 5.10 Å². The largest absolute Gasteiger partial charge is 0.494 e. The molecule has 1 heterocycles. The van der Waals surface area contributed by atoms with Crippen LogP contribution < -0.4 is 15.4 Å². The summed E-state index contributed by atoms with van der Waals surface area (Å²) in [6.07, 6.45) is 0.832. The van der Waals surface area contributed by atoms with E-state index < -0.39 is 0 Å². The molecule has 0 aliphatic rings. The molecule has 0 unspecified atom stereocenters. The maximum absolute atomic E-state index is 12.4. The number of nitrogens with one attached hydrogen (secondary N) is 3. The van der Waals surface area contributed by atoms with Gasteiger partial charge in [0.1, 0.15) is 5.75 Å². The van der Waals surface area contributed by atoms with E-state index in [0.29, 0.717) is 35.2 Å². The lowest BCUT2D eigenvalue weighted by Crippen LogP contribution is -2.14. The number of ether oxygens (including phenoxy) is 1. The van der Waals surface area contributed by atoms with Gasteiger partial charge in [0.15, 0.2) is 5.69 Å². The van der Waals surface area contributed by atoms with Gasteiger partial charge in [-0.1, -0.05) is 13.8 Å². The quantitative estimate of drug-likeness (QED) is 0.513. The van der Waals surface area contributed by atoms with E-state index in [-0.39, 0.29) is 11.8 Å². The average Bonchev–Trinajstić information content (AvgIpc) is 3.18. The third kappa shape index (κ3) is 5.70. The number of anilines is 2. The summed E-state index contributed by atoms with van der Waals surface area (Å²) in [5.74, 6) is 0.696. The van der Waals surface area contributed by atoms with Crippen LogP contribution in [0.3, 0.4) is 0 Å². The highest BCUT2D eigenvalue weighted by atomic mass is 16.5. The predicted octanol–water partition coefficient (Wildman–Crippen LogP) is 4.51. The molecule has 7 heteroatoms. The van der Waals surface area contributed by atoms with E-state index in [9.17, 15) is 9.59 Å².